The molecule has 1 N–H and O–H groups in total. The molecule has 5 rings (SSSR count). The Morgan fingerprint density at radius 2 is 1.77 bits per heavy atom. The number of rotatable bonds is 4. The highest BCUT2D eigenvalue weighted by atomic mass is 35.5. The van der Waals surface area contributed by atoms with Crippen LogP contribution in [0.15, 0.2) is 91.3 Å². The molecule has 3 heterocycles. The smallest absolute Gasteiger partial charge is 0.174 e. The van der Waals surface area contributed by atoms with Crippen molar-refractivity contribution < 1.29 is 0 Å². The second-order valence-corrected chi connectivity index (χ2v) is 8.44. The highest BCUT2D eigenvalue weighted by Gasteiger charge is 2.42. The minimum absolute atomic E-state index is 0.0842. The molecular weight excluding hydrogens is 424 g/mol. The molecule has 0 amide bonds. The van der Waals surface area contributed by atoms with E-state index in [2.05, 4.69) is 69.3 Å². The van der Waals surface area contributed by atoms with Crippen LogP contribution in [0.2, 0.25) is 5.02 Å². The van der Waals surface area contributed by atoms with Gasteiger partial charge in [0.15, 0.2) is 5.11 Å². The molecule has 0 unspecified atom stereocenters. The molecule has 1 aliphatic heterocycles. The zero-order chi connectivity index (χ0) is 21.4. The van der Waals surface area contributed by atoms with Crippen LogP contribution in [-0.4, -0.2) is 14.7 Å². The van der Waals surface area contributed by atoms with Crippen LogP contribution in [0.3, 0.4) is 0 Å². The predicted molar refractivity (Wildman–Crippen MR) is 130 cm³/mol. The Hall–Kier alpha value is -3.15. The zero-order valence-corrected chi connectivity index (χ0v) is 18.5. The maximum absolute atomic E-state index is 6.15. The summed E-state index contributed by atoms with van der Waals surface area (Å²) in [6.45, 7) is 2.11. The van der Waals surface area contributed by atoms with Gasteiger partial charge in [-0.15, -0.1) is 0 Å². The highest BCUT2D eigenvalue weighted by Crippen LogP contribution is 2.42. The van der Waals surface area contributed by atoms with Gasteiger partial charge in [0.2, 0.25) is 0 Å². The van der Waals surface area contributed by atoms with Crippen molar-refractivity contribution in [2.24, 2.45) is 0 Å². The first-order valence-electron chi connectivity index (χ1n) is 10.1. The summed E-state index contributed by atoms with van der Waals surface area (Å²) in [5.41, 5.74) is 5.40. The van der Waals surface area contributed by atoms with Gasteiger partial charge in [0, 0.05) is 34.5 Å². The number of halogens is 1. The summed E-state index contributed by atoms with van der Waals surface area (Å²) < 4.78 is 2.23. The monoisotopic (exact) mass is 444 g/mol. The fraction of sp³-hybridized carbons (Fsp3) is 0.120. The Kier molecular flexibility index (Phi) is 5.22. The summed E-state index contributed by atoms with van der Waals surface area (Å²) in [6, 6.07) is 26.3. The summed E-state index contributed by atoms with van der Waals surface area (Å²) in [5, 5.41) is 4.87. The van der Waals surface area contributed by atoms with Crippen molar-refractivity contribution in [3.8, 4) is 5.69 Å². The molecule has 0 bridgehead atoms. The van der Waals surface area contributed by atoms with Crippen molar-refractivity contribution in [3.63, 3.8) is 0 Å². The number of thiocarbonyl (C=S) groups is 1. The van der Waals surface area contributed by atoms with Crippen molar-refractivity contribution in [2.75, 3.05) is 4.90 Å². The fourth-order valence-electron chi connectivity index (χ4n) is 4.18. The van der Waals surface area contributed by atoms with Crippen LogP contribution in [0.25, 0.3) is 5.69 Å². The molecule has 1 saturated heterocycles. The Balaban J connectivity index is 1.67. The van der Waals surface area contributed by atoms with Crippen LogP contribution >= 0.6 is 23.8 Å². The van der Waals surface area contributed by atoms with Gasteiger partial charge in [-0.05, 0) is 85.4 Å². The Morgan fingerprint density at radius 1 is 0.935 bits per heavy atom. The van der Waals surface area contributed by atoms with E-state index in [-0.39, 0.29) is 12.1 Å². The first-order valence-corrected chi connectivity index (χ1v) is 10.9. The summed E-state index contributed by atoms with van der Waals surface area (Å²) in [4.78, 5) is 6.79. The Bertz CT molecular complexity index is 1220. The lowest BCUT2D eigenvalue weighted by molar-refractivity contribution is 0.549. The first-order chi connectivity index (χ1) is 15.1. The van der Waals surface area contributed by atoms with E-state index < -0.39 is 0 Å². The molecule has 0 spiro atoms. The van der Waals surface area contributed by atoms with E-state index >= 15 is 0 Å². The number of pyridine rings is 1. The van der Waals surface area contributed by atoms with E-state index in [4.69, 9.17) is 23.8 Å². The lowest BCUT2D eigenvalue weighted by Gasteiger charge is -2.29. The van der Waals surface area contributed by atoms with Gasteiger partial charge in [0.05, 0.1) is 11.7 Å². The van der Waals surface area contributed by atoms with E-state index in [0.29, 0.717) is 10.1 Å². The molecule has 4 nitrogen and oxygen atoms in total. The van der Waals surface area contributed by atoms with E-state index in [1.807, 2.05) is 48.7 Å². The van der Waals surface area contributed by atoms with E-state index in [9.17, 15) is 0 Å². The van der Waals surface area contributed by atoms with Gasteiger partial charge < -0.3 is 14.8 Å². The molecule has 2 aromatic heterocycles. The van der Waals surface area contributed by atoms with Gasteiger partial charge in [-0.3, -0.25) is 4.98 Å². The molecule has 1 aliphatic rings. The quantitative estimate of drug-likeness (QED) is 0.391. The van der Waals surface area contributed by atoms with Gasteiger partial charge >= 0.3 is 0 Å². The van der Waals surface area contributed by atoms with Gasteiger partial charge in [-0.1, -0.05) is 29.8 Å². The second kappa shape index (κ2) is 8.17. The number of benzene rings is 2. The lowest BCUT2D eigenvalue weighted by atomic mass is 10.0. The fourth-order valence-corrected chi connectivity index (χ4v) is 4.66. The van der Waals surface area contributed by atoms with Crippen molar-refractivity contribution in [3.05, 3.63) is 113 Å². The maximum Gasteiger partial charge on any atom is 0.174 e. The SMILES string of the molecule is Cc1cccc(-n2cccc2[C@@H]2[C@@H](c3ccccn3)NC(=S)N2c2ccc(Cl)cc2)c1. The van der Waals surface area contributed by atoms with Crippen molar-refractivity contribution in [1.82, 2.24) is 14.9 Å². The van der Waals surface area contributed by atoms with Crippen LogP contribution in [0.1, 0.15) is 29.0 Å². The normalized spacial score (nSPS) is 18.3. The van der Waals surface area contributed by atoms with Crippen molar-refractivity contribution in [1.29, 1.82) is 0 Å². The number of hydrogen-bond donors (Lipinski definition) is 1. The average Bonchev–Trinajstić information content (AvgIpc) is 3.39. The van der Waals surface area contributed by atoms with Crippen LogP contribution < -0.4 is 10.2 Å². The number of aromatic nitrogens is 2. The molecule has 6 heteroatoms. The molecule has 4 aromatic rings. The van der Waals surface area contributed by atoms with E-state index in [1.54, 1.807) is 0 Å². The Labute approximate surface area is 192 Å². The molecular formula is C25H21ClN4S. The molecule has 2 atom stereocenters. The third kappa shape index (κ3) is 3.71. The van der Waals surface area contributed by atoms with Crippen molar-refractivity contribution >= 4 is 34.6 Å². The van der Waals surface area contributed by atoms with Gasteiger partial charge in [-0.2, -0.15) is 0 Å². The first kappa shape index (κ1) is 19.8. The number of aryl methyl sites for hydroxylation is 1. The molecule has 0 radical (unpaired) electrons. The summed E-state index contributed by atoms with van der Waals surface area (Å²) in [5.74, 6) is 0. The lowest BCUT2D eigenvalue weighted by Crippen LogP contribution is -2.30. The Morgan fingerprint density at radius 3 is 2.52 bits per heavy atom. The summed E-state index contributed by atoms with van der Waals surface area (Å²) >= 11 is 12.0. The van der Waals surface area contributed by atoms with Crippen LogP contribution in [0.5, 0.6) is 0 Å². The predicted octanol–water partition coefficient (Wildman–Crippen LogP) is 6.01. The van der Waals surface area contributed by atoms with E-state index in [1.165, 1.54) is 5.56 Å². The second-order valence-electron chi connectivity index (χ2n) is 7.62. The number of hydrogen-bond acceptors (Lipinski definition) is 2. The summed E-state index contributed by atoms with van der Waals surface area (Å²) in [7, 11) is 0. The largest absolute Gasteiger partial charge is 0.351 e. The van der Waals surface area contributed by atoms with Gasteiger partial charge in [0.1, 0.15) is 6.04 Å². The number of nitrogens with one attached hydrogen (secondary N) is 1. The molecule has 31 heavy (non-hydrogen) atoms. The molecule has 2 aromatic carbocycles. The van der Waals surface area contributed by atoms with Gasteiger partial charge in [0.25, 0.3) is 0 Å². The van der Waals surface area contributed by atoms with Crippen LogP contribution in [0.4, 0.5) is 5.69 Å². The minimum atomic E-state index is -0.0946. The van der Waals surface area contributed by atoms with Crippen molar-refractivity contribution in [2.45, 2.75) is 19.0 Å². The van der Waals surface area contributed by atoms with Gasteiger partial charge in [-0.25, -0.2) is 0 Å². The zero-order valence-electron chi connectivity index (χ0n) is 16.9. The highest BCUT2D eigenvalue weighted by molar-refractivity contribution is 7.80. The number of nitrogens with zero attached hydrogens (tertiary/aromatic N) is 3. The maximum atomic E-state index is 6.15. The molecule has 154 valence electrons. The third-order valence-electron chi connectivity index (χ3n) is 5.57. The molecule has 0 aliphatic carbocycles. The summed E-state index contributed by atoms with van der Waals surface area (Å²) in [6.07, 6.45) is 3.92. The van der Waals surface area contributed by atoms with Crippen LogP contribution in [0, 0.1) is 6.92 Å². The number of anilines is 1. The average molecular weight is 445 g/mol. The van der Waals surface area contributed by atoms with E-state index in [0.717, 1.165) is 22.8 Å². The standard InChI is InChI=1S/C25H21ClN4S/c1-17-6-4-7-20(16-17)29-15-5-9-22(29)24-23(21-8-2-3-14-27-21)28-25(31)30(24)19-12-10-18(26)11-13-19/h2-16,23-24H,1H3,(H,28,31)/t23-,24-/m1/s1. The topological polar surface area (TPSA) is 33.1 Å². The molecule has 0 saturated carbocycles. The minimum Gasteiger partial charge on any atom is -0.351 e. The van der Waals surface area contributed by atoms with Crippen LogP contribution in [-0.2, 0) is 0 Å². The molecule has 1 fully saturated rings. The third-order valence-corrected chi connectivity index (χ3v) is 6.13.